The van der Waals surface area contributed by atoms with Gasteiger partial charge in [-0.15, -0.1) is 12.4 Å². The van der Waals surface area contributed by atoms with Crippen LogP contribution in [-0.2, 0) is 9.53 Å². The first kappa shape index (κ1) is 21.4. The van der Waals surface area contributed by atoms with Crippen molar-refractivity contribution in [1.82, 2.24) is 4.90 Å². The molecule has 1 fully saturated rings. The Morgan fingerprint density at radius 2 is 2.00 bits per heavy atom. The number of benzene rings is 1. The Bertz CT molecular complexity index is 648. The van der Waals surface area contributed by atoms with Gasteiger partial charge in [-0.2, -0.15) is 0 Å². The number of nitrogens with two attached hydrogens (primary N) is 1. The monoisotopic (exact) mass is 369 g/mol. The molecular formula is C18H28ClN3O3. The maximum atomic E-state index is 12.7. The van der Waals surface area contributed by atoms with E-state index in [-0.39, 0.29) is 30.3 Å². The predicted molar refractivity (Wildman–Crippen MR) is 101 cm³/mol. The van der Waals surface area contributed by atoms with Crippen molar-refractivity contribution >= 4 is 29.9 Å². The highest BCUT2D eigenvalue weighted by atomic mass is 35.5. The van der Waals surface area contributed by atoms with Crippen LogP contribution in [0.2, 0.25) is 0 Å². The fraction of sp³-hybridized carbons (Fsp3) is 0.556. The van der Waals surface area contributed by atoms with E-state index in [1.54, 1.807) is 38.4 Å². The molecule has 1 aliphatic rings. The molecule has 6 nitrogen and oxygen atoms in total. The van der Waals surface area contributed by atoms with Gasteiger partial charge in [0.2, 0.25) is 5.91 Å². The Kier molecular flexibility index (Phi) is 6.61. The molecular weight excluding hydrogens is 342 g/mol. The first-order valence-corrected chi connectivity index (χ1v) is 8.17. The first-order valence-electron chi connectivity index (χ1n) is 8.17. The van der Waals surface area contributed by atoms with E-state index in [1.807, 2.05) is 20.8 Å². The molecule has 2 amide bonds. The van der Waals surface area contributed by atoms with Gasteiger partial charge in [0.1, 0.15) is 5.54 Å². The van der Waals surface area contributed by atoms with Crippen LogP contribution in [0.3, 0.4) is 0 Å². The highest BCUT2D eigenvalue weighted by Gasteiger charge is 2.62. The minimum atomic E-state index is -0.992. The number of anilines is 1. The van der Waals surface area contributed by atoms with Crippen LogP contribution in [0.25, 0.3) is 0 Å². The predicted octanol–water partition coefficient (Wildman–Crippen LogP) is 2.28. The van der Waals surface area contributed by atoms with Crippen LogP contribution in [0.1, 0.15) is 37.6 Å². The van der Waals surface area contributed by atoms with Crippen molar-refractivity contribution in [3.8, 4) is 0 Å². The lowest BCUT2D eigenvalue weighted by Crippen LogP contribution is -2.74. The van der Waals surface area contributed by atoms with Gasteiger partial charge in [-0.25, -0.2) is 0 Å². The van der Waals surface area contributed by atoms with Crippen molar-refractivity contribution in [3.05, 3.63) is 29.8 Å². The van der Waals surface area contributed by atoms with E-state index in [4.69, 9.17) is 10.5 Å². The fourth-order valence-electron chi connectivity index (χ4n) is 3.05. The van der Waals surface area contributed by atoms with Gasteiger partial charge in [-0.1, -0.05) is 19.9 Å². The third-order valence-corrected chi connectivity index (χ3v) is 5.01. The summed E-state index contributed by atoms with van der Waals surface area (Å²) in [6, 6.07) is 6.87. The standard InChI is InChI=1S/C18H27N3O3.ClH/c1-6-24-14-11-18(19,17(14,2)3)16(23)20-13-9-7-8-12(10-13)15(22)21(4)5;/h7-10,14H,6,11,19H2,1-5H3,(H,20,23);1H. The number of nitrogens with zero attached hydrogens (tertiary/aromatic N) is 1. The number of ether oxygens (including phenoxy) is 1. The molecule has 0 aliphatic heterocycles. The maximum absolute atomic E-state index is 12.7. The molecule has 0 radical (unpaired) electrons. The zero-order valence-corrected chi connectivity index (χ0v) is 16.3. The zero-order chi connectivity index (χ0) is 18.1. The van der Waals surface area contributed by atoms with Crippen LogP contribution in [0.4, 0.5) is 5.69 Å². The fourth-order valence-corrected chi connectivity index (χ4v) is 3.05. The molecule has 1 aliphatic carbocycles. The number of hydrogen-bond acceptors (Lipinski definition) is 4. The lowest BCUT2D eigenvalue weighted by molar-refractivity contribution is -0.166. The minimum Gasteiger partial charge on any atom is -0.378 e. The maximum Gasteiger partial charge on any atom is 0.253 e. The summed E-state index contributed by atoms with van der Waals surface area (Å²) < 4.78 is 5.66. The van der Waals surface area contributed by atoms with Crippen molar-refractivity contribution in [2.45, 2.75) is 38.8 Å². The second-order valence-electron chi connectivity index (χ2n) is 7.08. The number of hydrogen-bond donors (Lipinski definition) is 2. The average molecular weight is 370 g/mol. The van der Waals surface area contributed by atoms with E-state index in [2.05, 4.69) is 5.32 Å². The van der Waals surface area contributed by atoms with Gasteiger partial charge in [0.05, 0.1) is 6.10 Å². The highest BCUT2D eigenvalue weighted by Crippen LogP contribution is 2.50. The lowest BCUT2D eigenvalue weighted by atomic mass is 9.54. The summed E-state index contributed by atoms with van der Waals surface area (Å²) >= 11 is 0. The Balaban J connectivity index is 0.00000312. The van der Waals surface area contributed by atoms with E-state index < -0.39 is 11.0 Å². The summed E-state index contributed by atoms with van der Waals surface area (Å²) in [6.07, 6.45) is 0.454. The number of halogens is 1. The van der Waals surface area contributed by atoms with Gasteiger partial charge in [-0.05, 0) is 25.1 Å². The molecule has 0 spiro atoms. The lowest BCUT2D eigenvalue weighted by Gasteiger charge is -2.57. The number of nitrogens with one attached hydrogen (secondary N) is 1. The van der Waals surface area contributed by atoms with Gasteiger partial charge in [0.25, 0.3) is 5.91 Å². The molecule has 25 heavy (non-hydrogen) atoms. The summed E-state index contributed by atoms with van der Waals surface area (Å²) in [7, 11) is 3.38. The third kappa shape index (κ3) is 3.81. The molecule has 0 heterocycles. The molecule has 3 N–H and O–H groups in total. The van der Waals surface area contributed by atoms with Crippen molar-refractivity contribution in [2.24, 2.45) is 11.1 Å². The summed E-state index contributed by atoms with van der Waals surface area (Å²) in [4.78, 5) is 26.2. The Morgan fingerprint density at radius 1 is 1.36 bits per heavy atom. The molecule has 140 valence electrons. The van der Waals surface area contributed by atoms with Crippen LogP contribution >= 0.6 is 12.4 Å². The topological polar surface area (TPSA) is 84.7 Å². The van der Waals surface area contributed by atoms with Gasteiger partial charge in [0.15, 0.2) is 0 Å². The average Bonchev–Trinajstić information content (AvgIpc) is 2.53. The Labute approximate surface area is 155 Å². The van der Waals surface area contributed by atoms with Crippen LogP contribution < -0.4 is 11.1 Å². The normalized spacial score (nSPS) is 23.8. The molecule has 1 aromatic carbocycles. The van der Waals surface area contributed by atoms with E-state index in [9.17, 15) is 9.59 Å². The van der Waals surface area contributed by atoms with E-state index in [0.717, 1.165) is 0 Å². The smallest absolute Gasteiger partial charge is 0.253 e. The highest BCUT2D eigenvalue weighted by molar-refractivity contribution is 6.01. The number of carbonyl (C=O) groups excluding carboxylic acids is 2. The van der Waals surface area contributed by atoms with E-state index in [0.29, 0.717) is 24.3 Å². The summed E-state index contributed by atoms with van der Waals surface area (Å²) in [5.74, 6) is -0.369. The quantitative estimate of drug-likeness (QED) is 0.833. The summed E-state index contributed by atoms with van der Waals surface area (Å²) in [5, 5.41) is 2.85. The first-order chi connectivity index (χ1) is 11.1. The van der Waals surface area contributed by atoms with Gasteiger partial charge in [0, 0.05) is 43.8 Å². The number of carbonyl (C=O) groups is 2. The Hall–Kier alpha value is -1.63. The van der Waals surface area contributed by atoms with Gasteiger partial charge >= 0.3 is 0 Å². The van der Waals surface area contributed by atoms with Crippen molar-refractivity contribution in [2.75, 3.05) is 26.0 Å². The molecule has 2 atom stereocenters. The molecule has 2 rings (SSSR count). The summed E-state index contributed by atoms with van der Waals surface area (Å²) in [6.45, 7) is 6.42. The largest absolute Gasteiger partial charge is 0.378 e. The van der Waals surface area contributed by atoms with Crippen molar-refractivity contribution in [3.63, 3.8) is 0 Å². The minimum absolute atomic E-state index is 0. The zero-order valence-electron chi connectivity index (χ0n) is 15.5. The molecule has 1 aromatic rings. The second kappa shape index (κ2) is 7.72. The van der Waals surface area contributed by atoms with Gasteiger partial charge < -0.3 is 20.7 Å². The molecule has 0 bridgehead atoms. The van der Waals surface area contributed by atoms with Crippen LogP contribution in [0.5, 0.6) is 0 Å². The molecule has 0 saturated heterocycles. The van der Waals surface area contributed by atoms with E-state index in [1.165, 1.54) is 4.90 Å². The molecule has 7 heteroatoms. The van der Waals surface area contributed by atoms with Crippen molar-refractivity contribution < 1.29 is 14.3 Å². The molecule has 2 unspecified atom stereocenters. The van der Waals surface area contributed by atoms with Crippen molar-refractivity contribution in [1.29, 1.82) is 0 Å². The Morgan fingerprint density at radius 3 is 2.52 bits per heavy atom. The van der Waals surface area contributed by atoms with Crippen LogP contribution in [0, 0.1) is 5.41 Å². The summed E-state index contributed by atoms with van der Waals surface area (Å²) in [5.41, 5.74) is 6.01. The number of rotatable bonds is 5. The van der Waals surface area contributed by atoms with Gasteiger partial charge in [-0.3, -0.25) is 9.59 Å². The van der Waals surface area contributed by atoms with Crippen LogP contribution in [-0.4, -0.2) is 49.1 Å². The number of amides is 2. The second-order valence-corrected chi connectivity index (χ2v) is 7.08. The third-order valence-electron chi connectivity index (χ3n) is 5.01. The SMILES string of the molecule is CCOC1CC(N)(C(=O)Nc2cccc(C(=O)N(C)C)c2)C1(C)C.Cl. The molecule has 1 saturated carbocycles. The van der Waals surface area contributed by atoms with E-state index >= 15 is 0 Å². The molecule has 0 aromatic heterocycles. The van der Waals surface area contributed by atoms with Crippen LogP contribution in [0.15, 0.2) is 24.3 Å².